The van der Waals surface area contributed by atoms with Crippen molar-refractivity contribution in [3.63, 3.8) is 0 Å². The quantitative estimate of drug-likeness (QED) is 0.842. The normalized spacial score (nSPS) is 26.9. The van der Waals surface area contributed by atoms with Crippen LogP contribution in [0, 0.1) is 5.92 Å². The molecule has 1 atom stereocenters. The molecule has 1 unspecified atom stereocenters. The molecule has 1 amide bonds. The molecule has 1 aromatic heterocycles. The molecule has 2 N–H and O–H groups in total. The highest BCUT2D eigenvalue weighted by molar-refractivity contribution is 5.90. The predicted molar refractivity (Wildman–Crippen MR) is 68.8 cm³/mol. The Hall–Kier alpha value is -1.43. The average Bonchev–Trinajstić information content (AvgIpc) is 2.91. The molecule has 2 heterocycles. The van der Waals surface area contributed by atoms with Crippen molar-refractivity contribution >= 4 is 5.91 Å². The van der Waals surface area contributed by atoms with Gasteiger partial charge in [0.2, 0.25) is 5.89 Å². The third-order valence-corrected chi connectivity index (χ3v) is 4.26. The molecular weight excluding hydrogens is 244 g/mol. The van der Waals surface area contributed by atoms with Crippen LogP contribution >= 0.6 is 0 Å². The van der Waals surface area contributed by atoms with Gasteiger partial charge in [-0.15, -0.1) is 0 Å². The first-order valence-electron chi connectivity index (χ1n) is 6.97. The summed E-state index contributed by atoms with van der Waals surface area (Å²) in [5.41, 5.74) is -0.134. The lowest BCUT2D eigenvalue weighted by atomic mass is 9.76. The Bertz CT molecular complexity index is 473. The van der Waals surface area contributed by atoms with Gasteiger partial charge in [-0.05, 0) is 31.7 Å². The number of hydrogen-bond acceptors (Lipinski definition) is 5. The minimum atomic E-state index is -0.220. The fourth-order valence-electron chi connectivity index (χ4n) is 2.63. The molecule has 104 valence electrons. The summed E-state index contributed by atoms with van der Waals surface area (Å²) >= 11 is 0. The van der Waals surface area contributed by atoms with Crippen molar-refractivity contribution in [3.05, 3.63) is 11.7 Å². The third kappa shape index (κ3) is 2.25. The van der Waals surface area contributed by atoms with Crippen LogP contribution in [0.15, 0.2) is 4.52 Å². The van der Waals surface area contributed by atoms with Crippen molar-refractivity contribution < 1.29 is 9.32 Å². The fraction of sp³-hybridized carbons (Fsp3) is 0.769. The number of carbonyl (C=O) groups is 1. The molecule has 6 heteroatoms. The Morgan fingerprint density at radius 3 is 2.89 bits per heavy atom. The molecule has 1 aliphatic carbocycles. The zero-order valence-corrected chi connectivity index (χ0v) is 11.4. The van der Waals surface area contributed by atoms with Gasteiger partial charge in [0.15, 0.2) is 0 Å². The summed E-state index contributed by atoms with van der Waals surface area (Å²) in [4.78, 5) is 16.2. The average molecular weight is 264 g/mol. The second kappa shape index (κ2) is 4.59. The van der Waals surface area contributed by atoms with Gasteiger partial charge >= 0.3 is 0 Å². The van der Waals surface area contributed by atoms with E-state index in [4.69, 9.17) is 4.52 Å². The van der Waals surface area contributed by atoms with E-state index in [-0.39, 0.29) is 17.1 Å². The molecule has 0 spiro atoms. The number of nitrogens with zero attached hydrogens (tertiary/aromatic N) is 2. The molecule has 1 saturated carbocycles. The van der Waals surface area contributed by atoms with Gasteiger partial charge in [0.1, 0.15) is 0 Å². The van der Waals surface area contributed by atoms with Crippen LogP contribution < -0.4 is 10.6 Å². The van der Waals surface area contributed by atoms with E-state index in [0.717, 1.165) is 32.4 Å². The highest BCUT2D eigenvalue weighted by Crippen LogP contribution is 2.36. The van der Waals surface area contributed by atoms with Crippen LogP contribution in [0.3, 0.4) is 0 Å². The molecule has 1 aliphatic heterocycles. The Morgan fingerprint density at radius 2 is 2.32 bits per heavy atom. The van der Waals surface area contributed by atoms with Crippen LogP contribution in [0.4, 0.5) is 0 Å². The first-order valence-corrected chi connectivity index (χ1v) is 6.97. The van der Waals surface area contributed by atoms with E-state index in [1.165, 1.54) is 0 Å². The van der Waals surface area contributed by atoms with E-state index in [2.05, 4.69) is 34.6 Å². The first kappa shape index (κ1) is 12.6. The zero-order valence-electron chi connectivity index (χ0n) is 11.4. The van der Waals surface area contributed by atoms with Crippen LogP contribution in [0.5, 0.6) is 0 Å². The van der Waals surface area contributed by atoms with E-state index in [0.29, 0.717) is 17.9 Å². The van der Waals surface area contributed by atoms with Crippen molar-refractivity contribution in [2.24, 2.45) is 5.92 Å². The second-order valence-electron chi connectivity index (χ2n) is 5.91. The Kier molecular flexibility index (Phi) is 3.05. The third-order valence-electron chi connectivity index (χ3n) is 4.26. The van der Waals surface area contributed by atoms with E-state index in [9.17, 15) is 4.79 Å². The molecule has 0 aromatic carbocycles. The minimum Gasteiger partial charge on any atom is -0.346 e. The summed E-state index contributed by atoms with van der Waals surface area (Å²) in [5.74, 6) is 0.923. The smallest absolute Gasteiger partial charge is 0.292 e. The van der Waals surface area contributed by atoms with Gasteiger partial charge in [-0.3, -0.25) is 4.79 Å². The van der Waals surface area contributed by atoms with Crippen LogP contribution in [-0.2, 0) is 5.41 Å². The first-order chi connectivity index (χ1) is 9.12. The zero-order chi connectivity index (χ0) is 13.5. The monoisotopic (exact) mass is 264 g/mol. The summed E-state index contributed by atoms with van der Waals surface area (Å²) in [7, 11) is 0. The van der Waals surface area contributed by atoms with Crippen molar-refractivity contribution in [2.75, 3.05) is 13.1 Å². The Labute approximate surface area is 112 Å². The maximum Gasteiger partial charge on any atom is 0.292 e. The number of hydrogen-bond donors (Lipinski definition) is 2. The van der Waals surface area contributed by atoms with Gasteiger partial charge in [0.25, 0.3) is 11.7 Å². The molecule has 19 heavy (non-hydrogen) atoms. The van der Waals surface area contributed by atoms with E-state index < -0.39 is 0 Å². The van der Waals surface area contributed by atoms with Gasteiger partial charge in [-0.2, -0.15) is 4.98 Å². The lowest BCUT2D eigenvalue weighted by Crippen LogP contribution is -2.35. The second-order valence-corrected chi connectivity index (χ2v) is 5.91. The van der Waals surface area contributed by atoms with Crippen LogP contribution in [0.25, 0.3) is 0 Å². The van der Waals surface area contributed by atoms with Crippen molar-refractivity contribution in [1.29, 1.82) is 0 Å². The molecule has 2 aliphatic rings. The van der Waals surface area contributed by atoms with Gasteiger partial charge in [-0.25, -0.2) is 0 Å². The highest BCUT2D eigenvalue weighted by atomic mass is 16.5. The number of carbonyl (C=O) groups excluding carboxylic acids is 1. The van der Waals surface area contributed by atoms with Gasteiger partial charge in [0, 0.05) is 12.6 Å². The van der Waals surface area contributed by atoms with Gasteiger partial charge in [-0.1, -0.05) is 19.0 Å². The summed E-state index contributed by atoms with van der Waals surface area (Å²) in [6, 6.07) is 0.307. The van der Waals surface area contributed by atoms with Crippen LogP contribution in [-0.4, -0.2) is 35.2 Å². The minimum absolute atomic E-state index is 0.134. The topological polar surface area (TPSA) is 80.1 Å². The van der Waals surface area contributed by atoms with Crippen molar-refractivity contribution in [3.8, 4) is 0 Å². The van der Waals surface area contributed by atoms with Gasteiger partial charge < -0.3 is 15.2 Å². The largest absolute Gasteiger partial charge is 0.346 e. The SMILES string of the molecule is CC(C)C1(c2nc(C(=O)NC3CC3)no2)CCNC1. The molecule has 0 radical (unpaired) electrons. The van der Waals surface area contributed by atoms with Crippen molar-refractivity contribution in [2.45, 2.75) is 44.6 Å². The number of amides is 1. The van der Waals surface area contributed by atoms with Gasteiger partial charge in [0.05, 0.1) is 5.41 Å². The van der Waals surface area contributed by atoms with Crippen LogP contribution in [0.1, 0.15) is 49.6 Å². The summed E-state index contributed by atoms with van der Waals surface area (Å²) in [6.07, 6.45) is 3.07. The van der Waals surface area contributed by atoms with E-state index >= 15 is 0 Å². The predicted octanol–water partition coefficient (Wildman–Crippen LogP) is 0.849. The summed E-state index contributed by atoms with van der Waals surface area (Å²) < 4.78 is 5.37. The highest BCUT2D eigenvalue weighted by Gasteiger charge is 2.44. The fourth-order valence-corrected chi connectivity index (χ4v) is 2.63. The maximum absolute atomic E-state index is 11.9. The van der Waals surface area contributed by atoms with E-state index in [1.807, 2.05) is 0 Å². The molecule has 1 saturated heterocycles. The number of nitrogens with one attached hydrogen (secondary N) is 2. The molecule has 3 rings (SSSR count). The maximum atomic E-state index is 11.9. The van der Waals surface area contributed by atoms with E-state index in [1.54, 1.807) is 0 Å². The van der Waals surface area contributed by atoms with Crippen molar-refractivity contribution in [1.82, 2.24) is 20.8 Å². The number of rotatable bonds is 4. The lowest BCUT2D eigenvalue weighted by Gasteiger charge is -2.27. The molecule has 1 aromatic rings. The lowest BCUT2D eigenvalue weighted by molar-refractivity contribution is 0.0937. The Balaban J connectivity index is 1.80. The Morgan fingerprint density at radius 1 is 1.53 bits per heavy atom. The molecule has 2 fully saturated rings. The summed E-state index contributed by atoms with van der Waals surface area (Å²) in [5, 5.41) is 10.1. The molecular formula is C13H20N4O2. The summed E-state index contributed by atoms with van der Waals surface area (Å²) in [6.45, 7) is 6.09. The molecule has 0 bridgehead atoms. The standard InChI is InChI=1S/C13H20N4O2/c1-8(2)13(5-6-14-7-13)12-16-10(17-19-12)11(18)15-9-3-4-9/h8-9,14H,3-7H2,1-2H3,(H,15,18). The number of aromatic nitrogens is 2. The van der Waals surface area contributed by atoms with Crippen LogP contribution in [0.2, 0.25) is 0 Å². The molecule has 6 nitrogen and oxygen atoms in total.